The maximum atomic E-state index is 12.7. The van der Waals surface area contributed by atoms with Gasteiger partial charge in [0, 0.05) is 11.9 Å². The second-order valence-corrected chi connectivity index (χ2v) is 6.39. The van der Waals surface area contributed by atoms with Crippen molar-refractivity contribution in [1.82, 2.24) is 5.32 Å². The van der Waals surface area contributed by atoms with E-state index < -0.39 is 0 Å². The van der Waals surface area contributed by atoms with Gasteiger partial charge in [0.2, 0.25) is 0 Å². The smallest absolute Gasteiger partial charge is 0.255 e. The van der Waals surface area contributed by atoms with Crippen molar-refractivity contribution in [3.63, 3.8) is 0 Å². The minimum Gasteiger partial charge on any atom is -0.497 e. The highest BCUT2D eigenvalue weighted by Gasteiger charge is 2.18. The highest BCUT2D eigenvalue weighted by molar-refractivity contribution is 6.07. The van der Waals surface area contributed by atoms with E-state index in [0.717, 1.165) is 16.7 Å². The van der Waals surface area contributed by atoms with Crippen molar-refractivity contribution < 1.29 is 18.7 Å². The molecule has 0 saturated heterocycles. The van der Waals surface area contributed by atoms with Gasteiger partial charge in [0.15, 0.2) is 0 Å². The van der Waals surface area contributed by atoms with Crippen molar-refractivity contribution in [3.05, 3.63) is 59.4 Å². The third-order valence-electron chi connectivity index (χ3n) is 4.05. The fourth-order valence-electron chi connectivity index (χ4n) is 2.84. The van der Waals surface area contributed by atoms with Crippen LogP contribution in [-0.2, 0) is 6.54 Å². The number of carbonyl (C=O) groups excluding carboxylic acids is 1. The average Bonchev–Trinajstić information content (AvgIpc) is 2.95. The van der Waals surface area contributed by atoms with Gasteiger partial charge in [-0.25, -0.2) is 0 Å². The van der Waals surface area contributed by atoms with Gasteiger partial charge in [-0.05, 0) is 56.7 Å². The molecule has 0 aliphatic rings. The molecular formula is C21H23NO4. The molecule has 1 N–H and O–H groups in total. The molecule has 26 heavy (non-hydrogen) atoms. The lowest BCUT2D eigenvalue weighted by Crippen LogP contribution is -2.23. The number of furan rings is 1. The first kappa shape index (κ1) is 17.9. The van der Waals surface area contributed by atoms with Crippen LogP contribution in [0.25, 0.3) is 11.0 Å². The van der Waals surface area contributed by atoms with E-state index in [0.29, 0.717) is 29.2 Å². The molecule has 0 aliphatic carbocycles. The van der Waals surface area contributed by atoms with Gasteiger partial charge in [0.25, 0.3) is 5.91 Å². The third-order valence-corrected chi connectivity index (χ3v) is 4.05. The summed E-state index contributed by atoms with van der Waals surface area (Å²) in [6.07, 6.45) is 0.134. The average molecular weight is 353 g/mol. The van der Waals surface area contributed by atoms with Crippen molar-refractivity contribution in [1.29, 1.82) is 0 Å². The number of hydrogen-bond donors (Lipinski definition) is 1. The van der Waals surface area contributed by atoms with Crippen LogP contribution < -0.4 is 14.8 Å². The van der Waals surface area contributed by atoms with Crippen molar-refractivity contribution >= 4 is 16.9 Å². The van der Waals surface area contributed by atoms with E-state index >= 15 is 0 Å². The lowest BCUT2D eigenvalue weighted by molar-refractivity contribution is 0.0951. The lowest BCUT2D eigenvalue weighted by atomic mass is 10.1. The molecule has 0 radical (unpaired) electrons. The van der Waals surface area contributed by atoms with E-state index in [1.807, 2.05) is 56.3 Å². The Kier molecular flexibility index (Phi) is 5.16. The van der Waals surface area contributed by atoms with Crippen LogP contribution in [0.2, 0.25) is 0 Å². The van der Waals surface area contributed by atoms with Gasteiger partial charge in [-0.15, -0.1) is 0 Å². The number of rotatable bonds is 6. The summed E-state index contributed by atoms with van der Waals surface area (Å²) in [6, 6.07) is 13.1. The lowest BCUT2D eigenvalue weighted by Gasteiger charge is -2.10. The first-order chi connectivity index (χ1) is 12.5. The molecule has 5 heteroatoms. The van der Waals surface area contributed by atoms with Crippen LogP contribution in [-0.4, -0.2) is 19.1 Å². The molecule has 1 amide bonds. The molecule has 0 atom stereocenters. The number of nitrogens with one attached hydrogen (secondary N) is 1. The molecule has 5 nitrogen and oxygen atoms in total. The fourth-order valence-corrected chi connectivity index (χ4v) is 2.84. The van der Waals surface area contributed by atoms with Crippen LogP contribution in [0.4, 0.5) is 0 Å². The number of ether oxygens (including phenoxy) is 2. The Labute approximate surface area is 152 Å². The Morgan fingerprint density at radius 1 is 1.12 bits per heavy atom. The monoisotopic (exact) mass is 353 g/mol. The van der Waals surface area contributed by atoms with Gasteiger partial charge in [0.1, 0.15) is 22.8 Å². The first-order valence-electron chi connectivity index (χ1n) is 8.59. The van der Waals surface area contributed by atoms with Crippen molar-refractivity contribution in [2.75, 3.05) is 7.11 Å². The number of benzene rings is 2. The second kappa shape index (κ2) is 7.52. The highest BCUT2D eigenvalue weighted by atomic mass is 16.5. The Morgan fingerprint density at radius 2 is 1.81 bits per heavy atom. The van der Waals surface area contributed by atoms with Gasteiger partial charge in [0.05, 0.1) is 18.8 Å². The van der Waals surface area contributed by atoms with Crippen molar-refractivity contribution in [2.24, 2.45) is 0 Å². The summed E-state index contributed by atoms with van der Waals surface area (Å²) >= 11 is 0. The number of hydrogen-bond acceptors (Lipinski definition) is 4. The van der Waals surface area contributed by atoms with Gasteiger partial charge >= 0.3 is 0 Å². The number of aryl methyl sites for hydroxylation is 1. The maximum absolute atomic E-state index is 12.7. The van der Waals surface area contributed by atoms with E-state index in [9.17, 15) is 4.79 Å². The van der Waals surface area contributed by atoms with Gasteiger partial charge in [-0.3, -0.25) is 4.79 Å². The summed E-state index contributed by atoms with van der Waals surface area (Å²) in [4.78, 5) is 12.7. The highest BCUT2D eigenvalue weighted by Crippen LogP contribution is 2.29. The van der Waals surface area contributed by atoms with E-state index in [1.54, 1.807) is 14.0 Å². The molecule has 0 bridgehead atoms. The largest absolute Gasteiger partial charge is 0.497 e. The summed E-state index contributed by atoms with van der Waals surface area (Å²) < 4.78 is 16.6. The predicted molar refractivity (Wildman–Crippen MR) is 101 cm³/mol. The Balaban J connectivity index is 1.74. The molecule has 0 unspecified atom stereocenters. The fraction of sp³-hybridized carbons (Fsp3) is 0.286. The number of methoxy groups -OCH3 is 1. The number of fused-ring (bicyclic) bond motifs is 1. The van der Waals surface area contributed by atoms with Crippen LogP contribution in [0.5, 0.6) is 11.5 Å². The van der Waals surface area contributed by atoms with Crippen molar-refractivity contribution in [2.45, 2.75) is 33.4 Å². The zero-order valence-corrected chi connectivity index (χ0v) is 15.5. The molecule has 0 fully saturated rings. The number of amides is 1. The first-order valence-corrected chi connectivity index (χ1v) is 8.59. The predicted octanol–water partition coefficient (Wildman–Crippen LogP) is 4.47. The van der Waals surface area contributed by atoms with Crippen LogP contribution >= 0.6 is 0 Å². The van der Waals surface area contributed by atoms with E-state index in [4.69, 9.17) is 13.9 Å². The molecule has 3 aromatic rings. The molecule has 3 rings (SSSR count). The zero-order valence-electron chi connectivity index (χ0n) is 15.5. The minimum absolute atomic E-state index is 0.134. The molecule has 0 saturated carbocycles. The maximum Gasteiger partial charge on any atom is 0.255 e. The molecule has 136 valence electrons. The molecule has 0 aliphatic heterocycles. The third kappa shape index (κ3) is 3.82. The summed E-state index contributed by atoms with van der Waals surface area (Å²) in [5, 5.41) is 3.70. The van der Waals surface area contributed by atoms with Gasteiger partial charge in [-0.2, -0.15) is 0 Å². The molecule has 1 aromatic heterocycles. The summed E-state index contributed by atoms with van der Waals surface area (Å²) in [5.74, 6) is 1.93. The van der Waals surface area contributed by atoms with Crippen LogP contribution in [0.15, 0.2) is 46.9 Å². The van der Waals surface area contributed by atoms with Crippen molar-refractivity contribution in [3.8, 4) is 11.5 Å². The standard InChI is InChI=1S/C21H23NO4/c1-13(2)25-16-7-5-15(6-8-16)12-22-21(23)20-14(3)26-19-10-9-17(24-4)11-18(19)20/h5-11,13H,12H2,1-4H3,(H,22,23). The normalized spacial score (nSPS) is 11.0. The Hall–Kier alpha value is -2.95. The van der Waals surface area contributed by atoms with Crippen LogP contribution in [0, 0.1) is 6.92 Å². The van der Waals surface area contributed by atoms with Gasteiger partial charge < -0.3 is 19.2 Å². The van der Waals surface area contributed by atoms with E-state index in [1.165, 1.54) is 0 Å². The van der Waals surface area contributed by atoms with Gasteiger partial charge in [-0.1, -0.05) is 12.1 Å². The zero-order chi connectivity index (χ0) is 18.7. The topological polar surface area (TPSA) is 60.7 Å². The SMILES string of the molecule is COc1ccc2oc(C)c(C(=O)NCc3ccc(OC(C)C)cc3)c2c1. The Bertz CT molecular complexity index is 910. The van der Waals surface area contributed by atoms with E-state index in [-0.39, 0.29) is 12.0 Å². The summed E-state index contributed by atoms with van der Waals surface area (Å²) in [5.41, 5.74) is 2.21. The van der Waals surface area contributed by atoms with Crippen LogP contribution in [0.3, 0.4) is 0 Å². The Morgan fingerprint density at radius 3 is 2.46 bits per heavy atom. The van der Waals surface area contributed by atoms with E-state index in [2.05, 4.69) is 5.32 Å². The summed E-state index contributed by atoms with van der Waals surface area (Å²) in [6.45, 7) is 6.19. The summed E-state index contributed by atoms with van der Waals surface area (Å²) in [7, 11) is 1.60. The second-order valence-electron chi connectivity index (χ2n) is 6.39. The van der Waals surface area contributed by atoms with Crippen LogP contribution in [0.1, 0.15) is 35.5 Å². The molecular weight excluding hydrogens is 330 g/mol. The number of carbonyl (C=O) groups is 1. The molecule has 0 spiro atoms. The quantitative estimate of drug-likeness (QED) is 0.710. The molecule has 2 aromatic carbocycles. The molecule has 1 heterocycles. The minimum atomic E-state index is -0.169.